The van der Waals surface area contributed by atoms with Crippen molar-refractivity contribution in [3.8, 4) is 0 Å². The molecule has 1 fully saturated rings. The molecule has 2 atom stereocenters. The van der Waals surface area contributed by atoms with Crippen LogP contribution in [0.2, 0.25) is 0 Å². The molecule has 2 aromatic rings. The number of carbonyl (C=O) groups excluding carboxylic acids is 2. The Hall–Kier alpha value is -2.50. The number of aromatic nitrogens is 2. The first-order valence-corrected chi connectivity index (χ1v) is 6.02. The Balaban J connectivity index is 2.45. The topological polar surface area (TPSA) is 95.0 Å². The Bertz CT molecular complexity index is 1100. The van der Waals surface area contributed by atoms with E-state index in [9.17, 15) is 14.4 Å². The van der Waals surface area contributed by atoms with Crippen LogP contribution in [0.15, 0.2) is 22.9 Å². The van der Waals surface area contributed by atoms with Gasteiger partial charge in [-0.05, 0) is 25.4 Å². The largest absolute Gasteiger partial charge is 0.398 e. The second-order valence-electron chi connectivity index (χ2n) is 4.54. The van der Waals surface area contributed by atoms with E-state index in [1.807, 2.05) is 0 Å². The maximum Gasteiger partial charge on any atom is 0.264 e. The van der Waals surface area contributed by atoms with Crippen LogP contribution in [0.3, 0.4) is 0 Å². The number of aryl methyl sites for hydroxylation is 1. The van der Waals surface area contributed by atoms with Crippen LogP contribution in [0.5, 0.6) is 0 Å². The maximum atomic E-state index is 13.1. The van der Waals surface area contributed by atoms with Gasteiger partial charge in [0.05, 0.1) is 27.5 Å². The van der Waals surface area contributed by atoms with Crippen molar-refractivity contribution in [2.24, 2.45) is 0 Å². The summed E-state index contributed by atoms with van der Waals surface area (Å²) < 4.78 is 55.7. The lowest BCUT2D eigenvalue weighted by molar-refractivity contribution is -0.132. The van der Waals surface area contributed by atoms with Gasteiger partial charge in [-0.25, -0.2) is 4.98 Å². The third-order valence-corrected chi connectivity index (χ3v) is 3.15. The zero-order valence-corrected chi connectivity index (χ0v) is 10.8. The molecule has 1 aliphatic carbocycles. The fourth-order valence-electron chi connectivity index (χ4n) is 2.20. The minimum Gasteiger partial charge on any atom is -0.398 e. The van der Waals surface area contributed by atoms with Gasteiger partial charge in [-0.1, -0.05) is 6.04 Å². The van der Waals surface area contributed by atoms with Crippen LogP contribution in [0, 0.1) is 6.90 Å². The Labute approximate surface area is 130 Å². The average molecular weight is 292 g/mol. The Morgan fingerprint density at radius 1 is 1.48 bits per heavy atom. The molecule has 6 nitrogen and oxygen atoms in total. The molecule has 21 heavy (non-hydrogen) atoms. The van der Waals surface area contributed by atoms with Gasteiger partial charge in [-0.3, -0.25) is 19.0 Å². The number of nitrogens with zero attached hydrogens (tertiary/aromatic N) is 2. The van der Waals surface area contributed by atoms with Gasteiger partial charge in [0.2, 0.25) is 0 Å². The molecule has 0 bridgehead atoms. The molecular weight excluding hydrogens is 270 g/mol. The Kier molecular flexibility index (Phi) is 1.71. The van der Waals surface area contributed by atoms with Crippen molar-refractivity contribution in [1.29, 1.82) is 0 Å². The molecule has 0 saturated heterocycles. The molecule has 1 saturated carbocycles. The molecule has 6 heteroatoms. The van der Waals surface area contributed by atoms with Crippen LogP contribution in [-0.2, 0) is 9.59 Å². The number of benzene rings is 1. The third-order valence-electron chi connectivity index (χ3n) is 3.15. The van der Waals surface area contributed by atoms with Crippen LogP contribution >= 0.6 is 0 Å². The van der Waals surface area contributed by atoms with Gasteiger partial charge in [-0.15, -0.1) is 0 Å². The van der Waals surface area contributed by atoms with Crippen LogP contribution < -0.4 is 11.3 Å². The SMILES string of the molecule is [2H]Cc1nc2c([2H])c([2H])c([2H])c(N)c2c(=O)n1C1C(=O)CC(=O)C([2H])C1([2H])[2H]. The molecule has 1 aliphatic rings. The second-order valence-corrected chi connectivity index (χ2v) is 4.54. The summed E-state index contributed by atoms with van der Waals surface area (Å²) in [6.07, 6.45) is -5.40. The molecule has 2 unspecified atom stereocenters. The maximum absolute atomic E-state index is 13.1. The number of hydrogen-bond donors (Lipinski definition) is 1. The summed E-state index contributed by atoms with van der Waals surface area (Å²) in [6.45, 7) is -0.670. The van der Waals surface area contributed by atoms with Gasteiger partial charge in [0.1, 0.15) is 11.6 Å². The van der Waals surface area contributed by atoms with E-state index in [0.29, 0.717) is 4.57 Å². The quantitative estimate of drug-likeness (QED) is 0.628. The number of rotatable bonds is 1. The minimum atomic E-state index is -2.74. The number of nitrogens with two attached hydrogens (primary N) is 1. The predicted octanol–water partition coefficient (Wildman–Crippen LogP) is 1.15. The zero-order valence-electron chi connectivity index (χ0n) is 17.8. The first kappa shape index (κ1) is 7.49. The van der Waals surface area contributed by atoms with Crippen molar-refractivity contribution in [1.82, 2.24) is 9.55 Å². The van der Waals surface area contributed by atoms with Gasteiger partial charge in [-0.2, -0.15) is 0 Å². The molecule has 0 amide bonds. The van der Waals surface area contributed by atoms with Crippen LogP contribution in [0.25, 0.3) is 10.9 Å². The van der Waals surface area contributed by atoms with E-state index < -0.39 is 78.5 Å². The van der Waals surface area contributed by atoms with Crippen molar-refractivity contribution >= 4 is 28.2 Å². The minimum absolute atomic E-state index is 0.329. The molecule has 3 rings (SSSR count). The second kappa shape index (κ2) is 4.80. The predicted molar refractivity (Wildman–Crippen MR) is 78.1 cm³/mol. The molecule has 1 aromatic carbocycles. The van der Waals surface area contributed by atoms with Crippen molar-refractivity contribution in [2.45, 2.75) is 32.1 Å². The van der Waals surface area contributed by atoms with Crippen molar-refractivity contribution in [3.63, 3.8) is 0 Å². The van der Waals surface area contributed by atoms with E-state index in [1.165, 1.54) is 0 Å². The number of carbonyl (C=O) groups is 2. The third kappa shape index (κ3) is 2.12. The monoisotopic (exact) mass is 292 g/mol. The molecule has 1 aromatic heterocycles. The summed E-state index contributed by atoms with van der Waals surface area (Å²) in [5.74, 6) is -2.23. The van der Waals surface area contributed by atoms with Crippen LogP contribution in [0.1, 0.15) is 40.7 Å². The van der Waals surface area contributed by atoms with Gasteiger partial charge < -0.3 is 5.73 Å². The fraction of sp³-hybridized carbons (Fsp3) is 0.333. The van der Waals surface area contributed by atoms with E-state index >= 15 is 0 Å². The average Bonchev–Trinajstić information content (AvgIpc) is 2.63. The lowest BCUT2D eigenvalue weighted by atomic mass is 9.92. The summed E-state index contributed by atoms with van der Waals surface area (Å²) >= 11 is 0. The highest BCUT2D eigenvalue weighted by molar-refractivity contribution is 6.03. The summed E-state index contributed by atoms with van der Waals surface area (Å²) in [5, 5.41) is -0.440. The first-order valence-electron chi connectivity index (χ1n) is 9.80. The fourth-order valence-corrected chi connectivity index (χ4v) is 2.20. The van der Waals surface area contributed by atoms with Crippen molar-refractivity contribution < 1.29 is 19.2 Å². The van der Waals surface area contributed by atoms with Gasteiger partial charge in [0.25, 0.3) is 5.56 Å². The lowest BCUT2D eigenvalue weighted by Gasteiger charge is -2.24. The van der Waals surface area contributed by atoms with Crippen molar-refractivity contribution in [2.75, 3.05) is 5.73 Å². The lowest BCUT2D eigenvalue weighted by Crippen LogP contribution is -2.36. The van der Waals surface area contributed by atoms with E-state index in [-0.39, 0.29) is 11.3 Å². The van der Waals surface area contributed by atoms with Gasteiger partial charge in [0, 0.05) is 17.6 Å². The molecular formula is C15H15N3O3. The van der Waals surface area contributed by atoms with E-state index in [2.05, 4.69) is 4.98 Å². The van der Waals surface area contributed by atoms with Crippen molar-refractivity contribution in [3.05, 3.63) is 34.3 Å². The van der Waals surface area contributed by atoms with E-state index in [0.717, 1.165) is 0 Å². The summed E-state index contributed by atoms with van der Waals surface area (Å²) in [5.41, 5.74) is 3.92. The molecule has 0 spiro atoms. The normalized spacial score (nSPS) is 29.8. The van der Waals surface area contributed by atoms with Gasteiger partial charge in [0.15, 0.2) is 5.78 Å². The Morgan fingerprint density at radius 2 is 2.29 bits per heavy atom. The Morgan fingerprint density at radius 3 is 3.05 bits per heavy atom. The molecule has 2 N–H and O–H groups in total. The molecule has 1 heterocycles. The molecule has 108 valence electrons. The van der Waals surface area contributed by atoms with Gasteiger partial charge >= 0.3 is 0 Å². The summed E-state index contributed by atoms with van der Waals surface area (Å²) in [7, 11) is 0. The van der Waals surface area contributed by atoms with E-state index in [4.69, 9.17) is 15.3 Å². The number of ketones is 2. The smallest absolute Gasteiger partial charge is 0.264 e. The highest BCUT2D eigenvalue weighted by atomic mass is 16.2. The summed E-state index contributed by atoms with van der Waals surface area (Å²) in [4.78, 5) is 41.3. The number of fused-ring (bicyclic) bond motifs is 1. The standard InChI is InChI=1S/C15H15N3O3/c1-8-17-11-4-2-3-10(16)14(11)15(21)18(8)12-6-5-9(19)7-13(12)20/h2-4,12H,5-7,16H2,1H3/i1D,2D,3D,4D,5D,6D2. The molecule has 0 radical (unpaired) electrons. The number of nitrogen functional groups attached to an aromatic ring is 1. The summed E-state index contributed by atoms with van der Waals surface area (Å²) in [6, 6.07) is -3.59. The van der Waals surface area contributed by atoms with Crippen LogP contribution in [-0.4, -0.2) is 21.1 Å². The van der Waals surface area contributed by atoms with Crippen LogP contribution in [0.4, 0.5) is 5.69 Å². The highest BCUT2D eigenvalue weighted by Gasteiger charge is 2.30. The van der Waals surface area contributed by atoms with E-state index in [1.54, 1.807) is 0 Å². The molecule has 0 aliphatic heterocycles. The number of Topliss-reactive ketones (excluding diaryl/α,β-unsaturated/α-hetero) is 2. The number of anilines is 1. The highest BCUT2D eigenvalue weighted by Crippen LogP contribution is 2.24. The number of hydrogen-bond acceptors (Lipinski definition) is 5. The first-order chi connectivity index (χ1) is 12.9. The zero-order chi connectivity index (χ0) is 21.1.